The SMILES string of the molecule is CN(CCS)c1nnc(N=Nc2c(Cl)nc(N)nc2N=O)s1. The Morgan fingerprint density at radius 3 is 2.82 bits per heavy atom. The van der Waals surface area contributed by atoms with Crippen molar-refractivity contribution >= 4 is 63.3 Å². The summed E-state index contributed by atoms with van der Waals surface area (Å²) in [5.41, 5.74) is 5.29. The van der Waals surface area contributed by atoms with Crippen molar-refractivity contribution < 1.29 is 0 Å². The molecule has 0 spiro atoms. The highest BCUT2D eigenvalue weighted by Gasteiger charge is 2.13. The summed E-state index contributed by atoms with van der Waals surface area (Å²) >= 11 is 11.2. The number of nitrogens with zero attached hydrogens (tertiary/aromatic N) is 8. The van der Waals surface area contributed by atoms with E-state index < -0.39 is 0 Å². The van der Waals surface area contributed by atoms with Crippen molar-refractivity contribution in [3.63, 3.8) is 0 Å². The van der Waals surface area contributed by atoms with E-state index in [1.54, 1.807) is 0 Å². The minimum atomic E-state index is -0.293. The van der Waals surface area contributed by atoms with Gasteiger partial charge in [-0.2, -0.15) is 22.6 Å². The van der Waals surface area contributed by atoms with Gasteiger partial charge in [-0.3, -0.25) is 0 Å². The van der Waals surface area contributed by atoms with E-state index in [-0.39, 0.29) is 27.7 Å². The fourth-order valence-corrected chi connectivity index (χ4v) is 2.49. The number of nitrogen functional groups attached to an aromatic ring is 1. The van der Waals surface area contributed by atoms with Gasteiger partial charge < -0.3 is 10.6 Å². The third kappa shape index (κ3) is 3.84. The van der Waals surface area contributed by atoms with Crippen LogP contribution in [0.3, 0.4) is 0 Å². The summed E-state index contributed by atoms with van der Waals surface area (Å²) in [6, 6.07) is 0. The second-order valence-corrected chi connectivity index (χ2v) is 5.59. The standard InChI is InChI=1S/C9H10ClN9OS2/c1-19(2-3-21)9-17-16-8(22-9)15-14-4-5(10)12-7(11)13-6(4)18-20/h21H,2-3H2,1H3,(H2,11,12,13). The van der Waals surface area contributed by atoms with Gasteiger partial charge in [0.1, 0.15) is 0 Å². The molecule has 0 aliphatic rings. The number of nitroso groups, excluding NO2 is 1. The monoisotopic (exact) mass is 359 g/mol. The van der Waals surface area contributed by atoms with Crippen molar-refractivity contribution in [2.45, 2.75) is 0 Å². The minimum Gasteiger partial charge on any atom is -0.368 e. The molecule has 0 unspecified atom stereocenters. The van der Waals surface area contributed by atoms with Crippen LogP contribution in [0.2, 0.25) is 5.15 Å². The van der Waals surface area contributed by atoms with Crippen molar-refractivity contribution in [3.05, 3.63) is 10.1 Å². The van der Waals surface area contributed by atoms with Gasteiger partial charge in [-0.15, -0.1) is 25.3 Å². The zero-order valence-corrected chi connectivity index (χ0v) is 13.7. The molecule has 0 saturated heterocycles. The number of halogens is 1. The van der Waals surface area contributed by atoms with Gasteiger partial charge in [-0.05, 0) is 5.18 Å². The molecule has 116 valence electrons. The Balaban J connectivity index is 2.24. The van der Waals surface area contributed by atoms with Crippen molar-refractivity contribution in [3.8, 4) is 0 Å². The number of anilines is 2. The first kappa shape index (κ1) is 16.5. The smallest absolute Gasteiger partial charge is 0.253 e. The maximum atomic E-state index is 10.7. The first-order valence-electron chi connectivity index (χ1n) is 5.78. The van der Waals surface area contributed by atoms with Crippen LogP contribution in [0.1, 0.15) is 0 Å². The summed E-state index contributed by atoms with van der Waals surface area (Å²) in [4.78, 5) is 19.9. The lowest BCUT2D eigenvalue weighted by atomic mass is 10.5. The third-order valence-corrected chi connectivity index (χ3v) is 3.71. The maximum absolute atomic E-state index is 10.7. The van der Waals surface area contributed by atoms with Crippen molar-refractivity contribution in [2.75, 3.05) is 30.0 Å². The molecular weight excluding hydrogens is 350 g/mol. The Bertz CT molecular complexity index is 706. The van der Waals surface area contributed by atoms with E-state index >= 15 is 0 Å². The molecule has 0 atom stereocenters. The normalized spacial score (nSPS) is 11.0. The van der Waals surface area contributed by atoms with E-state index in [2.05, 4.69) is 48.2 Å². The van der Waals surface area contributed by atoms with Gasteiger partial charge in [-0.25, -0.2) is 0 Å². The molecule has 0 radical (unpaired) electrons. The van der Waals surface area contributed by atoms with E-state index in [0.717, 1.165) is 0 Å². The van der Waals surface area contributed by atoms with Crippen molar-refractivity contribution in [1.82, 2.24) is 20.2 Å². The molecular formula is C9H10ClN9OS2. The van der Waals surface area contributed by atoms with Crippen LogP contribution in [0, 0.1) is 4.91 Å². The van der Waals surface area contributed by atoms with E-state index in [1.165, 1.54) is 11.3 Å². The zero-order chi connectivity index (χ0) is 16.1. The van der Waals surface area contributed by atoms with Gasteiger partial charge in [0.05, 0.1) is 0 Å². The molecule has 10 nitrogen and oxygen atoms in total. The van der Waals surface area contributed by atoms with Gasteiger partial charge in [0.25, 0.3) is 5.13 Å². The Labute approximate surface area is 139 Å². The first-order chi connectivity index (χ1) is 10.5. The third-order valence-electron chi connectivity index (χ3n) is 2.33. The topological polar surface area (TPSA) is 135 Å². The molecule has 0 aliphatic carbocycles. The summed E-state index contributed by atoms with van der Waals surface area (Å²) in [5, 5.41) is 19.0. The van der Waals surface area contributed by atoms with Crippen molar-refractivity contribution in [2.24, 2.45) is 15.4 Å². The highest BCUT2D eigenvalue weighted by atomic mass is 35.5. The van der Waals surface area contributed by atoms with Gasteiger partial charge in [-0.1, -0.05) is 22.9 Å². The molecule has 0 amide bonds. The summed E-state index contributed by atoms with van der Waals surface area (Å²) in [7, 11) is 1.86. The van der Waals surface area contributed by atoms with E-state index in [4.69, 9.17) is 17.3 Å². The van der Waals surface area contributed by atoms with Crippen LogP contribution in [0.4, 0.5) is 27.7 Å². The molecule has 2 N–H and O–H groups in total. The number of rotatable bonds is 6. The van der Waals surface area contributed by atoms with E-state index in [1.807, 2.05) is 11.9 Å². The fraction of sp³-hybridized carbons (Fsp3) is 0.333. The number of azo groups is 1. The lowest BCUT2D eigenvalue weighted by Crippen LogP contribution is -2.19. The molecule has 13 heteroatoms. The van der Waals surface area contributed by atoms with Crippen LogP contribution in [0.15, 0.2) is 15.4 Å². The molecule has 2 aromatic heterocycles. The molecule has 0 saturated carbocycles. The largest absolute Gasteiger partial charge is 0.368 e. The Kier molecular flexibility index (Phi) is 5.51. The van der Waals surface area contributed by atoms with Gasteiger partial charge in [0.15, 0.2) is 10.8 Å². The predicted octanol–water partition coefficient (Wildman–Crippen LogP) is 2.74. The highest BCUT2D eigenvalue weighted by molar-refractivity contribution is 7.80. The summed E-state index contributed by atoms with van der Waals surface area (Å²) in [6.45, 7) is 0.714. The quantitative estimate of drug-likeness (QED) is 0.350. The molecule has 0 aliphatic heterocycles. The van der Waals surface area contributed by atoms with Gasteiger partial charge in [0.2, 0.25) is 16.9 Å². The summed E-state index contributed by atoms with van der Waals surface area (Å²) < 4.78 is 0. The summed E-state index contributed by atoms with van der Waals surface area (Å²) in [6.07, 6.45) is 0. The van der Waals surface area contributed by atoms with Gasteiger partial charge >= 0.3 is 0 Å². The van der Waals surface area contributed by atoms with Gasteiger partial charge in [0, 0.05) is 19.3 Å². The molecule has 2 aromatic rings. The zero-order valence-electron chi connectivity index (χ0n) is 11.2. The second-order valence-electron chi connectivity index (χ2n) is 3.85. The maximum Gasteiger partial charge on any atom is 0.253 e. The van der Waals surface area contributed by atoms with Crippen LogP contribution in [-0.4, -0.2) is 39.5 Å². The van der Waals surface area contributed by atoms with E-state index in [0.29, 0.717) is 17.4 Å². The highest BCUT2D eigenvalue weighted by Crippen LogP contribution is 2.35. The Morgan fingerprint density at radius 2 is 2.14 bits per heavy atom. The average Bonchev–Trinajstić information content (AvgIpc) is 2.94. The second kappa shape index (κ2) is 7.38. The average molecular weight is 360 g/mol. The van der Waals surface area contributed by atoms with E-state index in [9.17, 15) is 4.91 Å². The predicted molar refractivity (Wildman–Crippen MR) is 88.1 cm³/mol. The summed E-state index contributed by atoms with van der Waals surface area (Å²) in [5.74, 6) is 0.211. The Hall–Kier alpha value is -1.92. The number of hydrogen-bond acceptors (Lipinski definition) is 12. The van der Waals surface area contributed by atoms with Crippen LogP contribution < -0.4 is 10.6 Å². The molecule has 0 bridgehead atoms. The van der Waals surface area contributed by atoms with Crippen LogP contribution in [0.25, 0.3) is 0 Å². The first-order valence-corrected chi connectivity index (χ1v) is 7.61. The Morgan fingerprint density at radius 1 is 1.36 bits per heavy atom. The molecule has 22 heavy (non-hydrogen) atoms. The number of thiol groups is 1. The van der Waals surface area contributed by atoms with Crippen molar-refractivity contribution in [1.29, 1.82) is 0 Å². The number of aromatic nitrogens is 4. The number of hydrogen-bond donors (Lipinski definition) is 2. The van der Waals surface area contributed by atoms with Crippen LogP contribution >= 0.6 is 35.6 Å². The fourth-order valence-electron chi connectivity index (χ4n) is 1.32. The molecule has 2 heterocycles. The molecule has 0 fully saturated rings. The minimum absolute atomic E-state index is 0.0775. The lowest BCUT2D eigenvalue weighted by Gasteiger charge is -2.11. The van der Waals surface area contributed by atoms with Crippen LogP contribution in [-0.2, 0) is 0 Å². The van der Waals surface area contributed by atoms with Crippen LogP contribution in [0.5, 0.6) is 0 Å². The molecule has 2 rings (SSSR count). The molecule has 0 aromatic carbocycles. The lowest BCUT2D eigenvalue weighted by molar-refractivity contribution is 0.934. The number of nitrogens with two attached hydrogens (primary N) is 1.